The molecule has 84 valence electrons. The molecule has 0 atom stereocenters. The number of rotatable bonds is 3. The van der Waals surface area contributed by atoms with E-state index in [1.165, 1.54) is 0 Å². The number of halogens is 1. The van der Waals surface area contributed by atoms with Crippen molar-refractivity contribution in [3.8, 4) is 5.69 Å². The third kappa shape index (κ3) is 2.26. The Morgan fingerprint density at radius 3 is 2.94 bits per heavy atom. The van der Waals surface area contributed by atoms with Gasteiger partial charge in [-0.15, -0.1) is 0 Å². The van der Waals surface area contributed by atoms with Crippen molar-refractivity contribution in [1.29, 1.82) is 0 Å². The first kappa shape index (κ1) is 11.2. The first-order valence-electron chi connectivity index (χ1n) is 5.21. The van der Waals surface area contributed by atoms with Gasteiger partial charge in [-0.2, -0.15) is 5.10 Å². The highest BCUT2D eigenvalue weighted by atomic mass is 35.5. The summed E-state index contributed by atoms with van der Waals surface area (Å²) in [5.41, 5.74) is 8.67. The highest BCUT2D eigenvalue weighted by Crippen LogP contribution is 2.19. The number of hydrogen-bond donors (Lipinski definition) is 1. The average Bonchev–Trinajstić information content (AvgIpc) is 2.71. The number of nitrogens with zero attached hydrogens (tertiary/aromatic N) is 2. The summed E-state index contributed by atoms with van der Waals surface area (Å²) in [6.45, 7) is 2.62. The molecule has 0 spiro atoms. The van der Waals surface area contributed by atoms with E-state index < -0.39 is 0 Å². The summed E-state index contributed by atoms with van der Waals surface area (Å²) >= 11 is 6.07. The minimum Gasteiger partial charge on any atom is -0.330 e. The lowest BCUT2D eigenvalue weighted by Gasteiger charge is -2.03. The monoisotopic (exact) mass is 235 g/mol. The quantitative estimate of drug-likeness (QED) is 0.888. The fourth-order valence-electron chi connectivity index (χ4n) is 1.52. The predicted octanol–water partition coefficient (Wildman–Crippen LogP) is 2.34. The standard InChI is InChI=1S/C12H14ClN3/c1-9-2-3-11(6-12(9)13)16-8-10(4-5-14)7-15-16/h2-3,6-8H,4-5,14H2,1H3. The Labute approximate surface area is 99.8 Å². The Hall–Kier alpha value is -1.32. The molecule has 16 heavy (non-hydrogen) atoms. The number of aromatic nitrogens is 2. The smallest absolute Gasteiger partial charge is 0.0660 e. The molecular weight excluding hydrogens is 222 g/mol. The van der Waals surface area contributed by atoms with E-state index in [-0.39, 0.29) is 0 Å². The Morgan fingerprint density at radius 1 is 1.44 bits per heavy atom. The second-order valence-corrected chi connectivity index (χ2v) is 4.17. The van der Waals surface area contributed by atoms with Crippen LogP contribution in [0.15, 0.2) is 30.6 Å². The lowest BCUT2D eigenvalue weighted by molar-refractivity contribution is 0.878. The van der Waals surface area contributed by atoms with Crippen LogP contribution in [-0.2, 0) is 6.42 Å². The van der Waals surface area contributed by atoms with Gasteiger partial charge < -0.3 is 5.73 Å². The first-order chi connectivity index (χ1) is 7.70. The molecule has 3 nitrogen and oxygen atoms in total. The lowest BCUT2D eigenvalue weighted by Crippen LogP contribution is -2.01. The highest BCUT2D eigenvalue weighted by Gasteiger charge is 2.02. The molecule has 0 unspecified atom stereocenters. The minimum absolute atomic E-state index is 0.639. The van der Waals surface area contributed by atoms with Crippen molar-refractivity contribution in [2.75, 3.05) is 6.54 Å². The van der Waals surface area contributed by atoms with E-state index in [0.717, 1.165) is 28.3 Å². The molecule has 2 rings (SSSR count). The van der Waals surface area contributed by atoms with Gasteiger partial charge in [0.2, 0.25) is 0 Å². The van der Waals surface area contributed by atoms with Gasteiger partial charge in [0.1, 0.15) is 0 Å². The van der Waals surface area contributed by atoms with Crippen molar-refractivity contribution in [3.05, 3.63) is 46.7 Å². The number of benzene rings is 1. The maximum atomic E-state index is 6.07. The maximum absolute atomic E-state index is 6.07. The Kier molecular flexibility index (Phi) is 3.27. The molecule has 1 aromatic heterocycles. The molecule has 0 radical (unpaired) electrons. The van der Waals surface area contributed by atoms with E-state index in [2.05, 4.69) is 5.10 Å². The van der Waals surface area contributed by atoms with Crippen LogP contribution in [0.25, 0.3) is 5.69 Å². The van der Waals surface area contributed by atoms with Crippen LogP contribution in [0.4, 0.5) is 0 Å². The van der Waals surface area contributed by atoms with Gasteiger partial charge in [-0.3, -0.25) is 0 Å². The van der Waals surface area contributed by atoms with E-state index in [9.17, 15) is 0 Å². The van der Waals surface area contributed by atoms with Crippen LogP contribution < -0.4 is 5.73 Å². The van der Waals surface area contributed by atoms with Crippen LogP contribution in [0.1, 0.15) is 11.1 Å². The maximum Gasteiger partial charge on any atom is 0.0660 e. The lowest BCUT2D eigenvalue weighted by atomic mass is 10.2. The number of aryl methyl sites for hydroxylation is 1. The van der Waals surface area contributed by atoms with E-state index in [1.54, 1.807) is 0 Å². The predicted molar refractivity (Wildman–Crippen MR) is 66.1 cm³/mol. The second kappa shape index (κ2) is 4.68. The van der Waals surface area contributed by atoms with Crippen LogP contribution in [0.3, 0.4) is 0 Å². The Balaban J connectivity index is 2.31. The topological polar surface area (TPSA) is 43.8 Å². The van der Waals surface area contributed by atoms with E-state index >= 15 is 0 Å². The van der Waals surface area contributed by atoms with Gasteiger partial charge in [0, 0.05) is 11.2 Å². The van der Waals surface area contributed by atoms with Crippen molar-refractivity contribution in [3.63, 3.8) is 0 Å². The summed E-state index contributed by atoms with van der Waals surface area (Å²) in [5.74, 6) is 0. The van der Waals surface area contributed by atoms with Crippen LogP contribution in [0.2, 0.25) is 5.02 Å². The van der Waals surface area contributed by atoms with E-state index in [1.807, 2.05) is 42.2 Å². The zero-order valence-corrected chi connectivity index (χ0v) is 9.91. The summed E-state index contributed by atoms with van der Waals surface area (Å²) in [6, 6.07) is 5.90. The average molecular weight is 236 g/mol. The van der Waals surface area contributed by atoms with Crippen molar-refractivity contribution < 1.29 is 0 Å². The Bertz CT molecular complexity index is 491. The number of nitrogens with two attached hydrogens (primary N) is 1. The molecule has 0 saturated carbocycles. The molecule has 2 N–H and O–H groups in total. The van der Waals surface area contributed by atoms with Crippen molar-refractivity contribution in [1.82, 2.24) is 9.78 Å². The molecule has 0 aliphatic rings. The van der Waals surface area contributed by atoms with Gasteiger partial charge in [0.25, 0.3) is 0 Å². The third-order valence-electron chi connectivity index (χ3n) is 2.49. The van der Waals surface area contributed by atoms with Gasteiger partial charge in [-0.05, 0) is 43.1 Å². The molecule has 0 bridgehead atoms. The normalized spacial score (nSPS) is 10.7. The summed E-state index contributed by atoms with van der Waals surface area (Å²) in [5, 5.41) is 5.04. The summed E-state index contributed by atoms with van der Waals surface area (Å²) in [4.78, 5) is 0. The van der Waals surface area contributed by atoms with E-state index in [4.69, 9.17) is 17.3 Å². The van der Waals surface area contributed by atoms with Gasteiger partial charge in [-0.25, -0.2) is 4.68 Å². The Morgan fingerprint density at radius 2 is 2.25 bits per heavy atom. The van der Waals surface area contributed by atoms with Crippen LogP contribution in [0.5, 0.6) is 0 Å². The molecule has 0 aliphatic heterocycles. The molecule has 1 heterocycles. The first-order valence-corrected chi connectivity index (χ1v) is 5.58. The van der Waals surface area contributed by atoms with Gasteiger partial charge in [-0.1, -0.05) is 17.7 Å². The van der Waals surface area contributed by atoms with Crippen molar-refractivity contribution in [2.45, 2.75) is 13.3 Å². The summed E-state index contributed by atoms with van der Waals surface area (Å²) in [7, 11) is 0. The van der Waals surface area contributed by atoms with Gasteiger partial charge in [0.05, 0.1) is 11.9 Å². The molecule has 0 amide bonds. The largest absolute Gasteiger partial charge is 0.330 e. The minimum atomic E-state index is 0.639. The molecular formula is C12H14ClN3. The molecule has 1 aromatic carbocycles. The third-order valence-corrected chi connectivity index (χ3v) is 2.90. The highest BCUT2D eigenvalue weighted by molar-refractivity contribution is 6.31. The summed E-state index contributed by atoms with van der Waals surface area (Å²) < 4.78 is 1.82. The molecule has 0 fully saturated rings. The molecule has 2 aromatic rings. The fourth-order valence-corrected chi connectivity index (χ4v) is 1.70. The van der Waals surface area contributed by atoms with E-state index in [0.29, 0.717) is 6.54 Å². The molecule has 0 aliphatic carbocycles. The van der Waals surface area contributed by atoms with Crippen LogP contribution >= 0.6 is 11.6 Å². The van der Waals surface area contributed by atoms with Crippen molar-refractivity contribution in [2.24, 2.45) is 5.73 Å². The molecule has 0 saturated heterocycles. The fraction of sp³-hybridized carbons (Fsp3) is 0.250. The number of hydrogen-bond acceptors (Lipinski definition) is 2. The second-order valence-electron chi connectivity index (χ2n) is 3.77. The van der Waals surface area contributed by atoms with Crippen LogP contribution in [0, 0.1) is 6.92 Å². The SMILES string of the molecule is Cc1ccc(-n2cc(CCN)cn2)cc1Cl. The van der Waals surface area contributed by atoms with Gasteiger partial charge in [0.15, 0.2) is 0 Å². The van der Waals surface area contributed by atoms with Crippen molar-refractivity contribution >= 4 is 11.6 Å². The summed E-state index contributed by atoms with van der Waals surface area (Å²) in [6.07, 6.45) is 4.66. The zero-order chi connectivity index (χ0) is 11.5. The van der Waals surface area contributed by atoms with Crippen LogP contribution in [-0.4, -0.2) is 16.3 Å². The van der Waals surface area contributed by atoms with Gasteiger partial charge >= 0.3 is 0 Å². The molecule has 4 heteroatoms. The zero-order valence-electron chi connectivity index (χ0n) is 9.15.